The molecule has 1 aromatic carbocycles. The number of rotatable bonds is 5. The number of hydrogen-bond donors (Lipinski definition) is 0. The molecule has 0 fully saturated rings. The first kappa shape index (κ1) is 14.0. The number of nitrogens with zero attached hydrogens (tertiary/aromatic N) is 1. The predicted molar refractivity (Wildman–Crippen MR) is 77.0 cm³/mol. The van der Waals surface area contributed by atoms with E-state index < -0.39 is 10.1 Å². The Hall–Kier alpha value is -1.40. The summed E-state index contributed by atoms with van der Waals surface area (Å²) >= 11 is 1.43. The number of aromatic nitrogens is 1. The summed E-state index contributed by atoms with van der Waals surface area (Å²) in [4.78, 5) is 5.03. The van der Waals surface area contributed by atoms with Crippen LogP contribution in [-0.4, -0.2) is 19.2 Å². The van der Waals surface area contributed by atoms with Crippen LogP contribution >= 0.6 is 11.3 Å². The molecule has 0 saturated carbocycles. The van der Waals surface area contributed by atoms with E-state index in [0.717, 1.165) is 15.4 Å². The minimum Gasteiger partial charge on any atom is -0.360 e. The Balaban J connectivity index is 2.28. The molecule has 0 atom stereocenters. The van der Waals surface area contributed by atoms with Gasteiger partial charge in [-0.2, -0.15) is 8.42 Å². The van der Waals surface area contributed by atoms with Gasteiger partial charge in [0.2, 0.25) is 5.88 Å². The molecule has 0 saturated heterocycles. The van der Waals surface area contributed by atoms with Gasteiger partial charge in [0.25, 0.3) is 0 Å². The average molecular weight is 297 g/mol. The van der Waals surface area contributed by atoms with Crippen molar-refractivity contribution in [3.63, 3.8) is 0 Å². The smallest absolute Gasteiger partial charge is 0.310 e. The minimum atomic E-state index is -3.53. The van der Waals surface area contributed by atoms with E-state index in [1.54, 1.807) is 13.8 Å². The van der Waals surface area contributed by atoms with Gasteiger partial charge in [-0.1, -0.05) is 37.3 Å². The molecule has 4 nitrogen and oxygen atoms in total. The van der Waals surface area contributed by atoms with Crippen molar-refractivity contribution in [3.8, 4) is 16.5 Å². The molecule has 0 aliphatic rings. The third-order valence-electron chi connectivity index (χ3n) is 2.43. The fourth-order valence-corrected chi connectivity index (χ4v) is 3.46. The molecule has 0 N–H and O–H groups in total. The van der Waals surface area contributed by atoms with Crippen LogP contribution in [0.15, 0.2) is 30.3 Å². The van der Waals surface area contributed by atoms with Crippen LogP contribution in [0.3, 0.4) is 0 Å². The largest absolute Gasteiger partial charge is 0.360 e. The van der Waals surface area contributed by atoms with Crippen LogP contribution in [0.2, 0.25) is 0 Å². The first-order chi connectivity index (χ1) is 9.02. The Morgan fingerprint density at radius 2 is 1.95 bits per heavy atom. The maximum absolute atomic E-state index is 11.6. The van der Waals surface area contributed by atoms with Gasteiger partial charge in [0.15, 0.2) is 0 Å². The summed E-state index contributed by atoms with van der Waals surface area (Å²) in [6.07, 6.45) is 0.525. The summed E-state index contributed by atoms with van der Waals surface area (Å²) in [5.74, 6) is 0.197. The monoisotopic (exact) mass is 297 g/mol. The molecule has 102 valence electrons. The van der Waals surface area contributed by atoms with Gasteiger partial charge in [0.1, 0.15) is 5.01 Å². The zero-order chi connectivity index (χ0) is 13.9. The summed E-state index contributed by atoms with van der Waals surface area (Å²) in [7, 11) is -3.53. The number of benzene rings is 1. The van der Waals surface area contributed by atoms with Gasteiger partial charge in [-0.15, -0.1) is 11.3 Å². The van der Waals surface area contributed by atoms with Gasteiger partial charge in [-0.05, 0) is 13.3 Å². The second-order valence-corrected chi connectivity index (χ2v) is 6.98. The fraction of sp³-hybridized carbons (Fsp3) is 0.308. The number of aryl methyl sites for hydroxylation is 1. The van der Waals surface area contributed by atoms with Crippen LogP contribution in [0.5, 0.6) is 5.88 Å². The summed E-state index contributed by atoms with van der Waals surface area (Å²) in [6.45, 7) is 3.60. The lowest BCUT2D eigenvalue weighted by molar-refractivity contribution is 0.475. The molecule has 2 rings (SSSR count). The van der Waals surface area contributed by atoms with E-state index in [9.17, 15) is 8.42 Å². The lowest BCUT2D eigenvalue weighted by atomic mass is 10.2. The molecular weight excluding hydrogens is 282 g/mol. The molecule has 0 aliphatic heterocycles. The van der Waals surface area contributed by atoms with E-state index in [1.807, 2.05) is 30.3 Å². The minimum absolute atomic E-state index is 0.00460. The van der Waals surface area contributed by atoms with E-state index in [0.29, 0.717) is 6.42 Å². The summed E-state index contributed by atoms with van der Waals surface area (Å²) in [6, 6.07) is 9.62. The molecule has 0 bridgehead atoms. The van der Waals surface area contributed by atoms with Crippen molar-refractivity contribution in [1.82, 2.24) is 4.98 Å². The highest BCUT2D eigenvalue weighted by Gasteiger charge is 2.17. The van der Waals surface area contributed by atoms with Gasteiger partial charge in [-0.25, -0.2) is 4.98 Å². The zero-order valence-corrected chi connectivity index (χ0v) is 12.4. The Morgan fingerprint density at radius 1 is 1.26 bits per heavy atom. The lowest BCUT2D eigenvalue weighted by Gasteiger charge is -2.02. The standard InChI is InChI=1S/C13H15NO3S2/c1-3-9-19(15,16)17-12-10(2)18-13(14-12)11-7-5-4-6-8-11/h4-8H,3,9H2,1-2H3. The molecule has 19 heavy (non-hydrogen) atoms. The molecule has 0 spiro atoms. The quantitative estimate of drug-likeness (QED) is 0.795. The maximum atomic E-state index is 11.6. The van der Waals surface area contributed by atoms with Crippen molar-refractivity contribution in [1.29, 1.82) is 0 Å². The van der Waals surface area contributed by atoms with Crippen LogP contribution in [0.4, 0.5) is 0 Å². The normalized spacial score (nSPS) is 11.5. The van der Waals surface area contributed by atoms with Crippen LogP contribution < -0.4 is 4.18 Å². The Labute approximate surface area is 117 Å². The molecule has 0 amide bonds. The molecular formula is C13H15NO3S2. The highest BCUT2D eigenvalue weighted by molar-refractivity contribution is 7.87. The van der Waals surface area contributed by atoms with Gasteiger partial charge < -0.3 is 4.18 Å². The van der Waals surface area contributed by atoms with E-state index in [4.69, 9.17) is 4.18 Å². The maximum Gasteiger partial charge on any atom is 0.310 e. The second-order valence-electron chi connectivity index (χ2n) is 4.09. The SMILES string of the molecule is CCCS(=O)(=O)Oc1nc(-c2ccccc2)sc1C. The lowest BCUT2D eigenvalue weighted by Crippen LogP contribution is -2.13. The third-order valence-corrected chi connectivity index (χ3v) is 4.76. The van der Waals surface area contributed by atoms with Gasteiger partial charge >= 0.3 is 10.1 Å². The topological polar surface area (TPSA) is 56.3 Å². The average Bonchev–Trinajstić information content (AvgIpc) is 2.71. The molecule has 0 radical (unpaired) electrons. The zero-order valence-electron chi connectivity index (χ0n) is 10.8. The van der Waals surface area contributed by atoms with Crippen molar-refractivity contribution >= 4 is 21.5 Å². The van der Waals surface area contributed by atoms with Gasteiger partial charge in [0, 0.05) is 5.56 Å². The number of thiazole rings is 1. The van der Waals surface area contributed by atoms with Crippen LogP contribution in [0, 0.1) is 6.92 Å². The van der Waals surface area contributed by atoms with Crippen molar-refractivity contribution in [2.24, 2.45) is 0 Å². The van der Waals surface area contributed by atoms with Gasteiger partial charge in [-0.3, -0.25) is 0 Å². The van der Waals surface area contributed by atoms with Crippen molar-refractivity contribution < 1.29 is 12.6 Å². The first-order valence-corrected chi connectivity index (χ1v) is 8.36. The Kier molecular flexibility index (Phi) is 4.21. The van der Waals surface area contributed by atoms with Gasteiger partial charge in [0.05, 0.1) is 10.6 Å². The number of hydrogen-bond acceptors (Lipinski definition) is 5. The Morgan fingerprint density at radius 3 is 2.58 bits per heavy atom. The fourth-order valence-electron chi connectivity index (χ4n) is 1.58. The van der Waals surface area contributed by atoms with Crippen molar-refractivity contribution in [3.05, 3.63) is 35.2 Å². The molecule has 1 aromatic heterocycles. The molecule has 6 heteroatoms. The highest BCUT2D eigenvalue weighted by Crippen LogP contribution is 2.32. The molecule has 0 unspecified atom stereocenters. The van der Waals surface area contributed by atoms with Crippen molar-refractivity contribution in [2.75, 3.05) is 5.75 Å². The van der Waals surface area contributed by atoms with E-state index >= 15 is 0 Å². The summed E-state index contributed by atoms with van der Waals surface area (Å²) in [5, 5.41) is 0.764. The van der Waals surface area contributed by atoms with Crippen molar-refractivity contribution in [2.45, 2.75) is 20.3 Å². The third kappa shape index (κ3) is 3.54. The van der Waals surface area contributed by atoms with E-state index in [-0.39, 0.29) is 11.6 Å². The molecule has 1 heterocycles. The molecule has 0 aliphatic carbocycles. The summed E-state index contributed by atoms with van der Waals surface area (Å²) < 4.78 is 28.3. The van der Waals surface area contributed by atoms with E-state index in [1.165, 1.54) is 11.3 Å². The Bertz CT molecular complexity index is 648. The van der Waals surface area contributed by atoms with Crippen LogP contribution in [0.25, 0.3) is 10.6 Å². The predicted octanol–water partition coefficient (Wildman–Crippen LogP) is 3.24. The highest BCUT2D eigenvalue weighted by atomic mass is 32.2. The summed E-state index contributed by atoms with van der Waals surface area (Å²) in [5.41, 5.74) is 0.957. The van der Waals surface area contributed by atoms with Crippen LogP contribution in [0.1, 0.15) is 18.2 Å². The van der Waals surface area contributed by atoms with E-state index in [2.05, 4.69) is 4.98 Å². The molecule has 2 aromatic rings. The second kappa shape index (κ2) is 5.71. The first-order valence-electron chi connectivity index (χ1n) is 5.97. The van der Waals surface area contributed by atoms with Crippen LogP contribution in [-0.2, 0) is 10.1 Å².